The van der Waals surface area contributed by atoms with Crippen LogP contribution in [0.4, 0.5) is 9.18 Å². The topological polar surface area (TPSA) is 131 Å². The molecule has 42 heavy (non-hydrogen) atoms. The molecule has 4 aromatic rings. The molecule has 0 bridgehead atoms. The summed E-state index contributed by atoms with van der Waals surface area (Å²) in [5.41, 5.74) is 11.8. The Hall–Kier alpha value is -4.33. The van der Waals surface area contributed by atoms with Gasteiger partial charge in [0.25, 0.3) is 0 Å². The first-order chi connectivity index (χ1) is 20.3. The molecule has 3 heterocycles. The van der Waals surface area contributed by atoms with Crippen LogP contribution in [-0.2, 0) is 15.9 Å². The molecule has 220 valence electrons. The highest BCUT2D eigenvalue weighted by Crippen LogP contribution is 2.39. The standard InChI is InChI=1S/C29H32FN7O4S/c1-29(2,3)41-28(38)31-11-12-39-13-14-40-23-17-20(30)8-9-21(23)26-27-22(10-15-42-27)25(34-35-26)19-6-4-18(5-7-19)16-24-32-36-37-33-24/h4-10,15,17,36-37H,11-14,16H2,1-3H3,(H,31,38)(H,32,33). The van der Waals surface area contributed by atoms with Crippen LogP contribution in [0.25, 0.3) is 32.6 Å². The molecule has 0 saturated heterocycles. The Labute approximate surface area is 246 Å². The van der Waals surface area contributed by atoms with Crippen LogP contribution in [0.5, 0.6) is 5.75 Å². The highest BCUT2D eigenvalue weighted by atomic mass is 32.1. The van der Waals surface area contributed by atoms with Crippen molar-refractivity contribution < 1.29 is 23.4 Å². The minimum Gasteiger partial charge on any atom is -0.490 e. The second-order valence-corrected chi connectivity index (χ2v) is 11.3. The Morgan fingerprint density at radius 1 is 1.02 bits per heavy atom. The zero-order valence-electron chi connectivity index (χ0n) is 23.5. The highest BCUT2D eigenvalue weighted by molar-refractivity contribution is 7.17. The molecule has 0 aliphatic carbocycles. The second-order valence-electron chi connectivity index (χ2n) is 10.4. The van der Waals surface area contributed by atoms with Gasteiger partial charge >= 0.3 is 6.09 Å². The fraction of sp³-hybridized carbons (Fsp3) is 0.310. The van der Waals surface area contributed by atoms with Crippen molar-refractivity contribution in [2.75, 3.05) is 26.4 Å². The molecule has 0 spiro atoms. The van der Waals surface area contributed by atoms with E-state index in [0.717, 1.165) is 32.7 Å². The SMILES string of the molecule is CC(C)(C)OC(=O)NCCOCCOc1cc(F)ccc1-c1nnc(-c2ccc(CC3=NNNN3)cc2)c2ccsc12. The number of benzene rings is 2. The number of fused-ring (bicyclic) bond motifs is 1. The Bertz CT molecular complexity index is 1570. The van der Waals surface area contributed by atoms with E-state index in [0.29, 0.717) is 30.0 Å². The summed E-state index contributed by atoms with van der Waals surface area (Å²) in [5, 5.41) is 18.8. The number of carbonyl (C=O) groups is 1. The number of aromatic nitrogens is 2. The quantitative estimate of drug-likeness (QED) is 0.185. The van der Waals surface area contributed by atoms with E-state index in [1.165, 1.54) is 23.5 Å². The lowest BCUT2D eigenvalue weighted by molar-refractivity contribution is 0.0489. The predicted molar refractivity (Wildman–Crippen MR) is 159 cm³/mol. The average molecular weight is 594 g/mol. The number of alkyl carbamates (subject to hydrolysis) is 1. The largest absolute Gasteiger partial charge is 0.490 e. The van der Waals surface area contributed by atoms with Crippen LogP contribution in [0.2, 0.25) is 0 Å². The van der Waals surface area contributed by atoms with Crippen LogP contribution < -0.4 is 26.5 Å². The van der Waals surface area contributed by atoms with E-state index in [4.69, 9.17) is 14.2 Å². The number of ether oxygens (including phenoxy) is 3. The minimum atomic E-state index is -0.564. The second kappa shape index (κ2) is 13.1. The number of amides is 1. The van der Waals surface area contributed by atoms with E-state index >= 15 is 0 Å². The fourth-order valence-electron chi connectivity index (χ4n) is 4.21. The van der Waals surface area contributed by atoms with Gasteiger partial charge in [-0.05, 0) is 49.9 Å². The van der Waals surface area contributed by atoms with Gasteiger partial charge in [-0.1, -0.05) is 24.3 Å². The molecule has 1 amide bonds. The Morgan fingerprint density at radius 2 is 1.83 bits per heavy atom. The number of rotatable bonds is 11. The maximum Gasteiger partial charge on any atom is 0.407 e. The average Bonchev–Trinajstić information content (AvgIpc) is 3.65. The number of thiophene rings is 1. The summed E-state index contributed by atoms with van der Waals surface area (Å²) in [5.74, 6) is 0.721. The van der Waals surface area contributed by atoms with E-state index in [9.17, 15) is 9.18 Å². The van der Waals surface area contributed by atoms with Crippen molar-refractivity contribution in [1.29, 1.82) is 0 Å². The van der Waals surface area contributed by atoms with Crippen molar-refractivity contribution in [2.45, 2.75) is 32.8 Å². The van der Waals surface area contributed by atoms with Gasteiger partial charge in [0.2, 0.25) is 0 Å². The molecule has 0 saturated carbocycles. The summed E-state index contributed by atoms with van der Waals surface area (Å²) in [7, 11) is 0. The first kappa shape index (κ1) is 29.2. The number of nitrogens with zero attached hydrogens (tertiary/aromatic N) is 3. The van der Waals surface area contributed by atoms with Crippen molar-refractivity contribution >= 4 is 33.4 Å². The molecular formula is C29H32FN7O4S. The molecule has 0 atom stereocenters. The lowest BCUT2D eigenvalue weighted by Gasteiger charge is -2.19. The molecule has 1 aliphatic rings. The number of hydrogen-bond donors (Lipinski definition) is 4. The van der Waals surface area contributed by atoms with Crippen molar-refractivity contribution in [3.63, 3.8) is 0 Å². The molecule has 0 unspecified atom stereocenters. The zero-order valence-corrected chi connectivity index (χ0v) is 24.3. The van der Waals surface area contributed by atoms with Crippen LogP contribution in [0.1, 0.15) is 26.3 Å². The van der Waals surface area contributed by atoms with Crippen molar-refractivity contribution in [3.05, 3.63) is 65.3 Å². The number of carbonyl (C=O) groups excluding carboxylic acids is 1. The summed E-state index contributed by atoms with van der Waals surface area (Å²) < 4.78 is 31.8. The van der Waals surface area contributed by atoms with Gasteiger partial charge in [0.1, 0.15) is 41.0 Å². The normalized spacial score (nSPS) is 12.9. The Balaban J connectivity index is 1.24. The monoisotopic (exact) mass is 593 g/mol. The van der Waals surface area contributed by atoms with Gasteiger partial charge in [-0.2, -0.15) is 0 Å². The molecule has 2 aromatic carbocycles. The fourth-order valence-corrected chi connectivity index (χ4v) is 5.11. The van der Waals surface area contributed by atoms with E-state index in [2.05, 4.69) is 37.1 Å². The highest BCUT2D eigenvalue weighted by Gasteiger charge is 2.18. The van der Waals surface area contributed by atoms with Crippen molar-refractivity contribution in [2.24, 2.45) is 5.10 Å². The molecular weight excluding hydrogens is 561 g/mol. The van der Waals surface area contributed by atoms with Crippen LogP contribution in [0.3, 0.4) is 0 Å². The molecule has 11 nitrogen and oxygen atoms in total. The maximum atomic E-state index is 14.2. The number of hydrogen-bond acceptors (Lipinski definition) is 11. The first-order valence-corrected chi connectivity index (χ1v) is 14.3. The molecule has 2 aromatic heterocycles. The van der Waals surface area contributed by atoms with Gasteiger partial charge in [0.05, 0.1) is 17.9 Å². The molecule has 0 radical (unpaired) electrons. The lowest BCUT2D eigenvalue weighted by atomic mass is 10.0. The zero-order chi connectivity index (χ0) is 29.5. The van der Waals surface area contributed by atoms with Crippen LogP contribution in [-0.4, -0.2) is 54.1 Å². The van der Waals surface area contributed by atoms with Crippen molar-refractivity contribution in [3.8, 4) is 28.3 Å². The van der Waals surface area contributed by atoms with Gasteiger partial charge in [0, 0.05) is 35.5 Å². The van der Waals surface area contributed by atoms with Crippen LogP contribution >= 0.6 is 11.3 Å². The third-order valence-electron chi connectivity index (χ3n) is 6.04. The van der Waals surface area contributed by atoms with E-state index in [-0.39, 0.29) is 19.8 Å². The summed E-state index contributed by atoms with van der Waals surface area (Å²) in [6, 6.07) is 14.5. The van der Waals surface area contributed by atoms with E-state index in [1.807, 2.05) is 35.7 Å². The number of hydrazone groups is 1. The van der Waals surface area contributed by atoms with Gasteiger partial charge in [-0.15, -0.1) is 32.2 Å². The number of halogens is 1. The van der Waals surface area contributed by atoms with Gasteiger partial charge in [-0.3, -0.25) is 5.43 Å². The summed E-state index contributed by atoms with van der Waals surface area (Å²) in [6.07, 6.45) is 0.152. The first-order valence-electron chi connectivity index (χ1n) is 13.4. The van der Waals surface area contributed by atoms with E-state index in [1.54, 1.807) is 26.8 Å². The number of nitrogens with one attached hydrogen (secondary N) is 4. The molecule has 13 heteroatoms. The predicted octanol–water partition coefficient (Wildman–Crippen LogP) is 4.55. The van der Waals surface area contributed by atoms with Gasteiger partial charge in [0.15, 0.2) is 0 Å². The third kappa shape index (κ3) is 7.49. The molecule has 5 rings (SSSR count). The molecule has 4 N–H and O–H groups in total. The summed E-state index contributed by atoms with van der Waals surface area (Å²) in [4.78, 5) is 11.7. The maximum absolute atomic E-state index is 14.2. The van der Waals surface area contributed by atoms with Gasteiger partial charge < -0.3 is 19.5 Å². The third-order valence-corrected chi connectivity index (χ3v) is 6.96. The minimum absolute atomic E-state index is 0.183. The molecule has 0 fully saturated rings. The Kier molecular flexibility index (Phi) is 9.10. The lowest BCUT2D eigenvalue weighted by Crippen LogP contribution is -2.35. The van der Waals surface area contributed by atoms with Crippen LogP contribution in [0, 0.1) is 5.82 Å². The van der Waals surface area contributed by atoms with Gasteiger partial charge in [-0.25, -0.2) is 14.7 Å². The smallest absolute Gasteiger partial charge is 0.407 e. The number of amidine groups is 1. The van der Waals surface area contributed by atoms with E-state index < -0.39 is 17.5 Å². The Morgan fingerprint density at radius 3 is 2.60 bits per heavy atom. The summed E-state index contributed by atoms with van der Waals surface area (Å²) >= 11 is 1.54. The summed E-state index contributed by atoms with van der Waals surface area (Å²) in [6.45, 7) is 6.40. The van der Waals surface area contributed by atoms with Crippen molar-refractivity contribution in [1.82, 2.24) is 32.0 Å². The number of hydrazine groups is 2. The van der Waals surface area contributed by atoms with Crippen LogP contribution in [0.15, 0.2) is 59.0 Å². The molecule has 1 aliphatic heterocycles.